The first-order valence-electron chi connectivity index (χ1n) is 6.42. The van der Waals surface area contributed by atoms with Crippen molar-refractivity contribution in [2.75, 3.05) is 0 Å². The van der Waals surface area contributed by atoms with Crippen molar-refractivity contribution in [3.8, 4) is 5.69 Å². The SMILES string of the molecule is Cc1cnc2c(c1)nc(C(C)Cl)n2-c1ccc(Cl)cc1I. The van der Waals surface area contributed by atoms with Crippen LogP contribution in [0, 0.1) is 10.5 Å². The summed E-state index contributed by atoms with van der Waals surface area (Å²) in [5.74, 6) is 0.782. The molecule has 1 aromatic carbocycles. The van der Waals surface area contributed by atoms with E-state index in [2.05, 4.69) is 32.6 Å². The van der Waals surface area contributed by atoms with E-state index < -0.39 is 0 Å². The topological polar surface area (TPSA) is 30.7 Å². The van der Waals surface area contributed by atoms with Crippen molar-refractivity contribution in [2.24, 2.45) is 0 Å². The molecule has 108 valence electrons. The van der Waals surface area contributed by atoms with Gasteiger partial charge in [0.15, 0.2) is 5.65 Å². The summed E-state index contributed by atoms with van der Waals surface area (Å²) in [4.78, 5) is 9.17. The number of benzene rings is 1. The van der Waals surface area contributed by atoms with Gasteiger partial charge in [-0.3, -0.25) is 4.57 Å². The molecule has 0 N–H and O–H groups in total. The lowest BCUT2D eigenvalue weighted by Gasteiger charge is -2.12. The minimum absolute atomic E-state index is 0.217. The van der Waals surface area contributed by atoms with E-state index in [9.17, 15) is 0 Å². The van der Waals surface area contributed by atoms with E-state index in [1.807, 2.05) is 48.9 Å². The lowest BCUT2D eigenvalue weighted by atomic mass is 10.3. The van der Waals surface area contributed by atoms with E-state index in [4.69, 9.17) is 23.2 Å². The fourth-order valence-corrected chi connectivity index (χ4v) is 3.51. The van der Waals surface area contributed by atoms with Gasteiger partial charge in [-0.1, -0.05) is 11.6 Å². The van der Waals surface area contributed by atoms with Gasteiger partial charge in [0.05, 0.1) is 11.1 Å². The van der Waals surface area contributed by atoms with Crippen LogP contribution in [0.1, 0.15) is 23.7 Å². The van der Waals surface area contributed by atoms with E-state index in [0.717, 1.165) is 31.8 Å². The van der Waals surface area contributed by atoms with Crippen molar-refractivity contribution in [3.63, 3.8) is 0 Å². The van der Waals surface area contributed by atoms with Gasteiger partial charge >= 0.3 is 0 Å². The molecule has 0 aliphatic heterocycles. The van der Waals surface area contributed by atoms with Crippen LogP contribution in [-0.2, 0) is 0 Å². The molecule has 0 saturated carbocycles. The Balaban J connectivity index is 2.36. The highest BCUT2D eigenvalue weighted by Crippen LogP contribution is 2.30. The zero-order valence-electron chi connectivity index (χ0n) is 11.4. The number of hydrogen-bond acceptors (Lipinski definition) is 2. The van der Waals surface area contributed by atoms with Crippen LogP contribution in [0.2, 0.25) is 5.02 Å². The molecule has 1 atom stereocenters. The van der Waals surface area contributed by atoms with Crippen LogP contribution in [0.5, 0.6) is 0 Å². The Kier molecular flexibility index (Phi) is 4.12. The van der Waals surface area contributed by atoms with E-state index in [1.165, 1.54) is 0 Å². The molecule has 0 aliphatic carbocycles. The van der Waals surface area contributed by atoms with Gasteiger partial charge in [0.2, 0.25) is 0 Å². The lowest BCUT2D eigenvalue weighted by Crippen LogP contribution is -2.04. The number of alkyl halides is 1. The Labute approximate surface area is 146 Å². The Morgan fingerprint density at radius 1 is 1.29 bits per heavy atom. The summed E-state index contributed by atoms with van der Waals surface area (Å²) in [6.07, 6.45) is 1.84. The van der Waals surface area contributed by atoms with Gasteiger partial charge in [-0.05, 0) is 66.3 Å². The molecular weight excluding hydrogens is 420 g/mol. The van der Waals surface area contributed by atoms with Crippen LogP contribution in [0.15, 0.2) is 30.5 Å². The molecule has 0 spiro atoms. The largest absolute Gasteiger partial charge is 0.278 e. The smallest absolute Gasteiger partial charge is 0.164 e. The summed E-state index contributed by atoms with van der Waals surface area (Å²) in [6, 6.07) is 7.77. The fourth-order valence-electron chi connectivity index (χ4n) is 2.25. The summed E-state index contributed by atoms with van der Waals surface area (Å²) >= 11 is 14.6. The molecule has 6 heteroatoms. The number of aromatic nitrogens is 3. The first kappa shape index (κ1) is 15.1. The molecule has 1 unspecified atom stereocenters. The quantitative estimate of drug-likeness (QED) is 0.407. The number of rotatable bonds is 2. The highest BCUT2D eigenvalue weighted by atomic mass is 127. The Morgan fingerprint density at radius 2 is 2.05 bits per heavy atom. The molecule has 3 aromatic rings. The van der Waals surface area contributed by atoms with Gasteiger partial charge < -0.3 is 0 Å². The van der Waals surface area contributed by atoms with Crippen molar-refractivity contribution >= 4 is 57.0 Å². The maximum atomic E-state index is 6.31. The molecule has 21 heavy (non-hydrogen) atoms. The highest BCUT2D eigenvalue weighted by molar-refractivity contribution is 14.1. The molecule has 2 heterocycles. The number of pyridine rings is 1. The number of halogens is 3. The molecule has 0 radical (unpaired) electrons. The third-order valence-electron chi connectivity index (χ3n) is 3.17. The van der Waals surface area contributed by atoms with E-state index in [-0.39, 0.29) is 5.38 Å². The minimum Gasteiger partial charge on any atom is -0.278 e. The number of hydrogen-bond donors (Lipinski definition) is 0. The third-order valence-corrected chi connectivity index (χ3v) is 4.46. The van der Waals surface area contributed by atoms with Crippen LogP contribution >= 0.6 is 45.8 Å². The molecule has 3 nitrogen and oxygen atoms in total. The Morgan fingerprint density at radius 3 is 2.71 bits per heavy atom. The molecule has 0 aliphatic rings. The van der Waals surface area contributed by atoms with Gasteiger partial charge in [0, 0.05) is 14.8 Å². The van der Waals surface area contributed by atoms with Crippen molar-refractivity contribution in [1.82, 2.24) is 14.5 Å². The summed E-state index contributed by atoms with van der Waals surface area (Å²) < 4.78 is 3.03. The lowest BCUT2D eigenvalue weighted by molar-refractivity contribution is 0.874. The molecule has 0 saturated heterocycles. The first-order valence-corrected chi connectivity index (χ1v) is 8.31. The number of fused-ring (bicyclic) bond motifs is 1. The minimum atomic E-state index is -0.217. The average Bonchev–Trinajstić information content (AvgIpc) is 2.77. The predicted molar refractivity (Wildman–Crippen MR) is 95.6 cm³/mol. The number of nitrogens with zero attached hydrogens (tertiary/aromatic N) is 3. The summed E-state index contributed by atoms with van der Waals surface area (Å²) in [7, 11) is 0. The monoisotopic (exact) mass is 431 g/mol. The summed E-state index contributed by atoms with van der Waals surface area (Å²) in [5.41, 5.74) is 3.72. The molecule has 0 bridgehead atoms. The van der Waals surface area contributed by atoms with E-state index in [1.54, 1.807) is 0 Å². The van der Waals surface area contributed by atoms with Crippen LogP contribution in [0.4, 0.5) is 0 Å². The first-order chi connectivity index (χ1) is 9.97. The van der Waals surface area contributed by atoms with Crippen molar-refractivity contribution in [2.45, 2.75) is 19.2 Å². The van der Waals surface area contributed by atoms with E-state index in [0.29, 0.717) is 5.02 Å². The molecule has 0 amide bonds. The normalized spacial score (nSPS) is 12.8. The van der Waals surface area contributed by atoms with Crippen molar-refractivity contribution < 1.29 is 0 Å². The highest BCUT2D eigenvalue weighted by Gasteiger charge is 2.19. The standard InChI is InChI=1S/C15H12Cl2IN3/c1-8-5-12-15(19-7-8)21(14(20-12)9(2)16)13-4-3-10(17)6-11(13)18/h3-7,9H,1-2H3. The second-order valence-corrected chi connectivity index (χ2v) is 7.13. The molecule has 0 fully saturated rings. The maximum absolute atomic E-state index is 6.31. The van der Waals surface area contributed by atoms with Gasteiger partial charge in [-0.25, -0.2) is 9.97 Å². The Hall–Kier alpha value is -0.850. The molecule has 3 rings (SSSR count). The third kappa shape index (κ3) is 2.76. The molecular formula is C15H12Cl2IN3. The van der Waals surface area contributed by atoms with E-state index >= 15 is 0 Å². The van der Waals surface area contributed by atoms with Crippen LogP contribution < -0.4 is 0 Å². The van der Waals surface area contributed by atoms with Gasteiger partial charge in [-0.2, -0.15) is 0 Å². The van der Waals surface area contributed by atoms with Gasteiger partial charge in [0.1, 0.15) is 11.3 Å². The van der Waals surface area contributed by atoms with Crippen molar-refractivity contribution in [1.29, 1.82) is 0 Å². The van der Waals surface area contributed by atoms with Crippen LogP contribution in [0.25, 0.3) is 16.9 Å². The maximum Gasteiger partial charge on any atom is 0.164 e. The van der Waals surface area contributed by atoms with Crippen LogP contribution in [-0.4, -0.2) is 14.5 Å². The van der Waals surface area contributed by atoms with Gasteiger partial charge in [0.25, 0.3) is 0 Å². The number of aryl methyl sites for hydroxylation is 1. The summed E-state index contributed by atoms with van der Waals surface area (Å²) in [5, 5.41) is 0.489. The predicted octanol–water partition coefficient (Wildman–Crippen LogP) is 5.29. The molecule has 2 aromatic heterocycles. The number of imidazole rings is 1. The van der Waals surface area contributed by atoms with Crippen LogP contribution in [0.3, 0.4) is 0 Å². The van der Waals surface area contributed by atoms with Gasteiger partial charge in [-0.15, -0.1) is 11.6 Å². The zero-order chi connectivity index (χ0) is 15.1. The Bertz CT molecular complexity index is 827. The average molecular weight is 432 g/mol. The second-order valence-electron chi connectivity index (χ2n) is 4.87. The second kappa shape index (κ2) is 5.74. The zero-order valence-corrected chi connectivity index (χ0v) is 15.1. The van der Waals surface area contributed by atoms with Crippen molar-refractivity contribution in [3.05, 3.63) is 50.4 Å². The summed E-state index contributed by atoms with van der Waals surface area (Å²) in [6.45, 7) is 3.91. The fraction of sp³-hybridized carbons (Fsp3) is 0.200.